The fourth-order valence-corrected chi connectivity index (χ4v) is 2.00. The summed E-state index contributed by atoms with van der Waals surface area (Å²) >= 11 is 3.15. The Bertz CT molecular complexity index is 689. The lowest BCUT2D eigenvalue weighted by molar-refractivity contribution is 0.102. The molecule has 0 aliphatic carbocycles. The topological polar surface area (TPSA) is 49.3 Å². The number of aromatic hydroxyl groups is 1. The summed E-state index contributed by atoms with van der Waals surface area (Å²) in [6.45, 7) is 1.46. The van der Waals surface area contributed by atoms with Crippen molar-refractivity contribution in [2.75, 3.05) is 5.32 Å². The van der Waals surface area contributed by atoms with Gasteiger partial charge in [0.25, 0.3) is 5.91 Å². The zero-order chi connectivity index (χ0) is 14.9. The molecule has 0 bridgehead atoms. The summed E-state index contributed by atoms with van der Waals surface area (Å²) in [6, 6.07) is 6.55. The van der Waals surface area contributed by atoms with Crippen LogP contribution in [-0.2, 0) is 0 Å². The van der Waals surface area contributed by atoms with Gasteiger partial charge in [0.1, 0.15) is 17.3 Å². The average Bonchev–Trinajstić information content (AvgIpc) is 2.41. The molecular weight excluding hydrogens is 332 g/mol. The third-order valence-electron chi connectivity index (χ3n) is 2.73. The summed E-state index contributed by atoms with van der Waals surface area (Å²) in [7, 11) is 0. The van der Waals surface area contributed by atoms with E-state index in [2.05, 4.69) is 21.2 Å². The van der Waals surface area contributed by atoms with Gasteiger partial charge in [-0.2, -0.15) is 0 Å². The van der Waals surface area contributed by atoms with Crippen LogP contribution in [0, 0.1) is 18.6 Å². The van der Waals surface area contributed by atoms with Gasteiger partial charge in [0.15, 0.2) is 5.82 Å². The number of anilines is 1. The second-order valence-corrected chi connectivity index (χ2v) is 5.08. The third kappa shape index (κ3) is 2.80. The smallest absolute Gasteiger partial charge is 0.259 e. The van der Waals surface area contributed by atoms with Gasteiger partial charge in [-0.15, -0.1) is 0 Å². The van der Waals surface area contributed by atoms with Crippen LogP contribution in [-0.4, -0.2) is 11.0 Å². The minimum Gasteiger partial charge on any atom is -0.507 e. The van der Waals surface area contributed by atoms with E-state index in [1.165, 1.54) is 25.1 Å². The van der Waals surface area contributed by atoms with Crippen molar-refractivity contribution < 1.29 is 18.7 Å². The Morgan fingerprint density at radius 3 is 2.65 bits per heavy atom. The molecule has 104 valence electrons. The van der Waals surface area contributed by atoms with Crippen LogP contribution in [0.15, 0.2) is 34.8 Å². The molecule has 0 unspecified atom stereocenters. The molecule has 0 aliphatic heterocycles. The molecule has 0 radical (unpaired) electrons. The molecule has 6 heteroatoms. The number of benzene rings is 2. The largest absolute Gasteiger partial charge is 0.507 e. The van der Waals surface area contributed by atoms with Gasteiger partial charge in [0.05, 0.1) is 5.56 Å². The van der Waals surface area contributed by atoms with Crippen LogP contribution in [0.4, 0.5) is 14.5 Å². The highest BCUT2D eigenvalue weighted by Gasteiger charge is 2.17. The van der Waals surface area contributed by atoms with Crippen molar-refractivity contribution in [2.45, 2.75) is 6.92 Å². The molecule has 0 aliphatic rings. The van der Waals surface area contributed by atoms with Crippen molar-refractivity contribution in [1.82, 2.24) is 0 Å². The molecule has 2 N–H and O–H groups in total. The van der Waals surface area contributed by atoms with Gasteiger partial charge in [-0.05, 0) is 36.8 Å². The number of hydrogen-bond acceptors (Lipinski definition) is 2. The van der Waals surface area contributed by atoms with Crippen LogP contribution < -0.4 is 5.32 Å². The lowest BCUT2D eigenvalue weighted by Gasteiger charge is -2.10. The first kappa shape index (κ1) is 14.5. The summed E-state index contributed by atoms with van der Waals surface area (Å²) < 4.78 is 27.9. The first-order valence-electron chi connectivity index (χ1n) is 5.64. The normalized spacial score (nSPS) is 10.4. The van der Waals surface area contributed by atoms with Crippen molar-refractivity contribution in [3.05, 3.63) is 57.6 Å². The zero-order valence-corrected chi connectivity index (χ0v) is 12.0. The number of phenols is 1. The summed E-state index contributed by atoms with van der Waals surface area (Å²) in [5.41, 5.74) is -0.408. The highest BCUT2D eigenvalue weighted by molar-refractivity contribution is 9.10. The Morgan fingerprint density at radius 1 is 1.25 bits per heavy atom. The van der Waals surface area contributed by atoms with Gasteiger partial charge >= 0.3 is 0 Å². The van der Waals surface area contributed by atoms with Crippen LogP contribution in [0.5, 0.6) is 5.75 Å². The summed E-state index contributed by atoms with van der Waals surface area (Å²) in [5.74, 6) is -2.80. The van der Waals surface area contributed by atoms with Crippen LogP contribution in [0.25, 0.3) is 0 Å². The molecule has 2 rings (SSSR count). The average molecular weight is 342 g/mol. The van der Waals surface area contributed by atoms with Crippen molar-refractivity contribution in [2.24, 2.45) is 0 Å². The van der Waals surface area contributed by atoms with E-state index >= 15 is 0 Å². The molecule has 0 heterocycles. The van der Waals surface area contributed by atoms with Gasteiger partial charge in [-0.25, -0.2) is 8.78 Å². The number of rotatable bonds is 2. The van der Waals surface area contributed by atoms with Crippen molar-refractivity contribution in [3.8, 4) is 5.75 Å². The van der Waals surface area contributed by atoms with Crippen molar-refractivity contribution in [3.63, 3.8) is 0 Å². The number of hydrogen-bond donors (Lipinski definition) is 2. The Labute approximate surface area is 122 Å². The molecule has 0 fully saturated rings. The molecule has 20 heavy (non-hydrogen) atoms. The fraction of sp³-hybridized carbons (Fsp3) is 0.0714. The molecule has 2 aromatic carbocycles. The van der Waals surface area contributed by atoms with Gasteiger partial charge in [-0.1, -0.05) is 22.0 Å². The van der Waals surface area contributed by atoms with E-state index in [0.29, 0.717) is 4.47 Å². The quantitative estimate of drug-likeness (QED) is 0.867. The lowest BCUT2D eigenvalue weighted by Crippen LogP contribution is -2.15. The van der Waals surface area contributed by atoms with Gasteiger partial charge in [0.2, 0.25) is 0 Å². The summed E-state index contributed by atoms with van der Waals surface area (Å²) in [6.07, 6.45) is 0. The molecule has 2 aromatic rings. The van der Waals surface area contributed by atoms with Crippen LogP contribution in [0.1, 0.15) is 15.9 Å². The minimum absolute atomic E-state index is 0.0836. The first-order chi connectivity index (χ1) is 9.40. The number of aryl methyl sites for hydroxylation is 1. The Kier molecular flexibility index (Phi) is 4.04. The van der Waals surface area contributed by atoms with E-state index in [1.807, 2.05) is 0 Å². The lowest BCUT2D eigenvalue weighted by atomic mass is 10.1. The summed E-state index contributed by atoms with van der Waals surface area (Å²) in [5, 5.41) is 11.7. The van der Waals surface area contributed by atoms with Crippen molar-refractivity contribution >= 4 is 27.5 Å². The first-order valence-corrected chi connectivity index (χ1v) is 6.44. The maximum atomic E-state index is 13.8. The molecule has 3 nitrogen and oxygen atoms in total. The second kappa shape index (κ2) is 5.58. The van der Waals surface area contributed by atoms with Gasteiger partial charge in [-0.3, -0.25) is 4.79 Å². The van der Waals surface area contributed by atoms with E-state index in [9.17, 15) is 18.7 Å². The standard InChI is InChI=1S/C14H10BrF2NO2/c1-7-2-4-10(16)13(12(7)17)18-14(20)9-6-8(15)3-5-11(9)19/h2-6,19H,1H3,(H,18,20). The van der Waals surface area contributed by atoms with Crippen molar-refractivity contribution in [1.29, 1.82) is 0 Å². The van der Waals surface area contributed by atoms with E-state index < -0.39 is 23.2 Å². The van der Waals surface area contributed by atoms with E-state index in [-0.39, 0.29) is 16.9 Å². The number of nitrogens with one attached hydrogen (secondary N) is 1. The Morgan fingerprint density at radius 2 is 1.95 bits per heavy atom. The molecule has 1 amide bonds. The SMILES string of the molecule is Cc1ccc(F)c(NC(=O)c2cc(Br)ccc2O)c1F. The van der Waals surface area contributed by atoms with Crippen LogP contribution in [0.2, 0.25) is 0 Å². The number of halogens is 3. The molecular formula is C14H10BrF2NO2. The van der Waals surface area contributed by atoms with Gasteiger partial charge < -0.3 is 10.4 Å². The summed E-state index contributed by atoms with van der Waals surface area (Å²) in [4.78, 5) is 12.0. The predicted octanol–water partition coefficient (Wildman–Crippen LogP) is 3.99. The molecule has 0 aromatic heterocycles. The maximum Gasteiger partial charge on any atom is 0.259 e. The minimum atomic E-state index is -0.879. The third-order valence-corrected chi connectivity index (χ3v) is 3.22. The van der Waals surface area contributed by atoms with E-state index in [4.69, 9.17) is 0 Å². The Hall–Kier alpha value is -1.95. The fourth-order valence-electron chi connectivity index (χ4n) is 1.64. The van der Waals surface area contributed by atoms with Crippen LogP contribution in [0.3, 0.4) is 0 Å². The van der Waals surface area contributed by atoms with E-state index in [0.717, 1.165) is 6.07 Å². The van der Waals surface area contributed by atoms with Crippen LogP contribution >= 0.6 is 15.9 Å². The van der Waals surface area contributed by atoms with Gasteiger partial charge in [0, 0.05) is 4.47 Å². The number of carbonyl (C=O) groups is 1. The molecule has 0 saturated carbocycles. The molecule has 0 spiro atoms. The van der Waals surface area contributed by atoms with E-state index in [1.54, 1.807) is 6.07 Å². The number of amides is 1. The number of phenolic OH excluding ortho intramolecular Hbond substituents is 1. The highest BCUT2D eigenvalue weighted by atomic mass is 79.9. The predicted molar refractivity (Wildman–Crippen MR) is 74.9 cm³/mol. The monoisotopic (exact) mass is 341 g/mol. The Balaban J connectivity index is 2.38. The molecule has 0 atom stereocenters. The number of carbonyl (C=O) groups excluding carboxylic acids is 1. The second-order valence-electron chi connectivity index (χ2n) is 4.17. The zero-order valence-electron chi connectivity index (χ0n) is 10.4. The molecule has 0 saturated heterocycles. The highest BCUT2D eigenvalue weighted by Crippen LogP contribution is 2.26. The maximum absolute atomic E-state index is 13.8.